The molecule has 76 valence electrons. The predicted molar refractivity (Wildman–Crippen MR) is 65.0 cm³/mol. The fourth-order valence-electron chi connectivity index (χ4n) is 1.48. The van der Waals surface area contributed by atoms with Crippen LogP contribution in [0.4, 0.5) is 0 Å². The minimum absolute atomic E-state index is 0.904. The molecule has 0 atom stereocenters. The molecule has 0 radical (unpaired) electrons. The largest absolute Gasteiger partial charge is 0.370 e. The van der Waals surface area contributed by atoms with Crippen molar-refractivity contribution < 1.29 is 0 Å². The van der Waals surface area contributed by atoms with Gasteiger partial charge in [-0.1, -0.05) is 0 Å². The van der Waals surface area contributed by atoms with Gasteiger partial charge in [0.05, 0.1) is 9.62 Å². The van der Waals surface area contributed by atoms with Gasteiger partial charge in [-0.05, 0) is 45.8 Å². The number of hydrogen-bond donors (Lipinski definition) is 1. The third-order valence-electron chi connectivity index (χ3n) is 2.24. The molecule has 0 unspecified atom stereocenters. The Kier molecular flexibility index (Phi) is 3.59. The Morgan fingerprint density at radius 1 is 1.50 bits per heavy atom. The summed E-state index contributed by atoms with van der Waals surface area (Å²) in [4.78, 5) is 4.45. The second-order valence-corrected chi connectivity index (χ2v) is 5.69. The van der Waals surface area contributed by atoms with E-state index in [0.29, 0.717) is 0 Å². The standard InChI is InChI=1S/C10H13BrN2S/c11-9-5-8(7-14-9)6-13-10-3-1-2-4-12-10/h5,7H,1-4,6H2,(H,12,13). The van der Waals surface area contributed by atoms with E-state index in [4.69, 9.17) is 0 Å². The molecule has 0 aliphatic carbocycles. The molecule has 1 aliphatic heterocycles. The van der Waals surface area contributed by atoms with Gasteiger partial charge in [0.25, 0.3) is 0 Å². The van der Waals surface area contributed by atoms with Crippen molar-refractivity contribution in [2.75, 3.05) is 6.54 Å². The number of aliphatic imine (C=N–C) groups is 1. The summed E-state index contributed by atoms with van der Waals surface area (Å²) in [5.74, 6) is 1.18. The molecule has 1 aliphatic rings. The lowest BCUT2D eigenvalue weighted by atomic mass is 10.2. The van der Waals surface area contributed by atoms with Gasteiger partial charge in [0.1, 0.15) is 0 Å². The van der Waals surface area contributed by atoms with Crippen LogP contribution in [0, 0.1) is 0 Å². The molecule has 0 bridgehead atoms. The monoisotopic (exact) mass is 272 g/mol. The first kappa shape index (κ1) is 10.2. The molecule has 0 saturated heterocycles. The summed E-state index contributed by atoms with van der Waals surface area (Å²) in [5, 5.41) is 5.55. The summed E-state index contributed by atoms with van der Waals surface area (Å²) in [6.45, 7) is 1.90. The number of halogens is 1. The van der Waals surface area contributed by atoms with Crippen molar-refractivity contribution in [3.8, 4) is 0 Å². The molecular weight excluding hydrogens is 260 g/mol. The lowest BCUT2D eigenvalue weighted by Crippen LogP contribution is -2.25. The molecule has 14 heavy (non-hydrogen) atoms. The number of rotatable bonds is 2. The highest BCUT2D eigenvalue weighted by molar-refractivity contribution is 9.11. The van der Waals surface area contributed by atoms with Crippen molar-refractivity contribution in [2.24, 2.45) is 4.99 Å². The first-order valence-electron chi connectivity index (χ1n) is 4.85. The second-order valence-electron chi connectivity index (χ2n) is 3.40. The van der Waals surface area contributed by atoms with E-state index in [2.05, 4.69) is 37.7 Å². The van der Waals surface area contributed by atoms with Gasteiger partial charge in [-0.25, -0.2) is 0 Å². The van der Waals surface area contributed by atoms with Gasteiger partial charge in [0, 0.05) is 19.5 Å². The average Bonchev–Trinajstić information content (AvgIpc) is 2.63. The zero-order valence-electron chi connectivity index (χ0n) is 7.92. The van der Waals surface area contributed by atoms with Crippen LogP contribution < -0.4 is 5.32 Å². The Hall–Kier alpha value is -0.350. The van der Waals surface area contributed by atoms with Gasteiger partial charge in [-0.15, -0.1) is 11.3 Å². The first-order chi connectivity index (χ1) is 6.84. The smallest absolute Gasteiger partial charge is 0.0965 e. The summed E-state index contributed by atoms with van der Waals surface area (Å²) in [6.07, 6.45) is 3.64. The highest BCUT2D eigenvalue weighted by Crippen LogP contribution is 2.20. The van der Waals surface area contributed by atoms with Crippen LogP contribution in [0.25, 0.3) is 0 Å². The zero-order valence-corrected chi connectivity index (χ0v) is 10.3. The van der Waals surface area contributed by atoms with Crippen LogP contribution in [-0.4, -0.2) is 12.4 Å². The number of nitrogens with zero attached hydrogens (tertiary/aromatic N) is 1. The predicted octanol–water partition coefficient (Wildman–Crippen LogP) is 3.18. The van der Waals surface area contributed by atoms with Crippen molar-refractivity contribution in [1.29, 1.82) is 0 Å². The molecular formula is C10H13BrN2S. The zero-order chi connectivity index (χ0) is 9.80. The van der Waals surface area contributed by atoms with Gasteiger partial charge in [-0.2, -0.15) is 0 Å². The van der Waals surface area contributed by atoms with Crippen molar-refractivity contribution >= 4 is 33.1 Å². The lowest BCUT2D eigenvalue weighted by Gasteiger charge is -2.13. The average molecular weight is 273 g/mol. The maximum absolute atomic E-state index is 4.45. The Balaban J connectivity index is 1.84. The molecule has 1 aromatic heterocycles. The van der Waals surface area contributed by atoms with E-state index < -0.39 is 0 Å². The molecule has 2 heterocycles. The van der Waals surface area contributed by atoms with Crippen LogP contribution in [0.2, 0.25) is 0 Å². The van der Waals surface area contributed by atoms with E-state index in [-0.39, 0.29) is 0 Å². The normalized spacial score (nSPS) is 16.5. The third-order valence-corrected chi connectivity index (χ3v) is 3.80. The highest BCUT2D eigenvalue weighted by atomic mass is 79.9. The molecule has 0 aromatic carbocycles. The van der Waals surface area contributed by atoms with E-state index in [9.17, 15) is 0 Å². The van der Waals surface area contributed by atoms with Crippen LogP contribution in [0.15, 0.2) is 20.2 Å². The topological polar surface area (TPSA) is 24.4 Å². The molecule has 1 N–H and O–H groups in total. The minimum atomic E-state index is 0.904. The summed E-state index contributed by atoms with van der Waals surface area (Å²) in [6, 6.07) is 2.15. The second kappa shape index (κ2) is 4.94. The first-order valence-corrected chi connectivity index (χ1v) is 6.52. The maximum atomic E-state index is 4.45. The minimum Gasteiger partial charge on any atom is -0.370 e. The van der Waals surface area contributed by atoms with E-state index >= 15 is 0 Å². The van der Waals surface area contributed by atoms with Gasteiger partial charge in [0.15, 0.2) is 0 Å². The molecule has 1 aromatic rings. The number of thiophene rings is 1. The van der Waals surface area contributed by atoms with E-state index in [1.54, 1.807) is 11.3 Å². The molecule has 0 amide bonds. The SMILES string of the molecule is Brc1cc(CNC2=NCCCC2)cs1. The number of nitrogens with one attached hydrogen (secondary N) is 1. The van der Waals surface area contributed by atoms with Crippen LogP contribution in [0.3, 0.4) is 0 Å². The number of hydrogen-bond acceptors (Lipinski definition) is 3. The Morgan fingerprint density at radius 2 is 2.43 bits per heavy atom. The van der Waals surface area contributed by atoms with Gasteiger partial charge < -0.3 is 5.32 Å². The quantitative estimate of drug-likeness (QED) is 0.879. The van der Waals surface area contributed by atoms with Crippen LogP contribution >= 0.6 is 27.3 Å². The van der Waals surface area contributed by atoms with E-state index in [1.807, 2.05) is 0 Å². The highest BCUT2D eigenvalue weighted by Gasteiger charge is 2.04. The molecule has 2 rings (SSSR count). The lowest BCUT2D eigenvalue weighted by molar-refractivity contribution is 0.706. The molecule has 0 spiro atoms. The summed E-state index contributed by atoms with van der Waals surface area (Å²) in [7, 11) is 0. The fraction of sp³-hybridized carbons (Fsp3) is 0.500. The molecule has 4 heteroatoms. The Labute approximate surface area is 96.6 Å². The molecule has 2 nitrogen and oxygen atoms in total. The maximum Gasteiger partial charge on any atom is 0.0965 e. The fourth-order valence-corrected chi connectivity index (χ4v) is 2.69. The van der Waals surface area contributed by atoms with E-state index in [1.165, 1.54) is 28.0 Å². The Morgan fingerprint density at radius 3 is 3.07 bits per heavy atom. The summed E-state index contributed by atoms with van der Waals surface area (Å²) < 4.78 is 1.19. The molecule has 0 saturated carbocycles. The van der Waals surface area contributed by atoms with Gasteiger partial charge in [0.2, 0.25) is 0 Å². The van der Waals surface area contributed by atoms with Crippen molar-refractivity contribution in [3.05, 3.63) is 20.8 Å². The summed E-state index contributed by atoms with van der Waals surface area (Å²) in [5.41, 5.74) is 1.33. The van der Waals surface area contributed by atoms with Crippen molar-refractivity contribution in [3.63, 3.8) is 0 Å². The third kappa shape index (κ3) is 2.82. The van der Waals surface area contributed by atoms with Gasteiger partial charge in [-0.3, -0.25) is 4.99 Å². The summed E-state index contributed by atoms with van der Waals surface area (Å²) >= 11 is 5.19. The Bertz CT molecular complexity index is 333. The van der Waals surface area contributed by atoms with Gasteiger partial charge >= 0.3 is 0 Å². The molecule has 0 fully saturated rings. The van der Waals surface area contributed by atoms with Crippen molar-refractivity contribution in [2.45, 2.75) is 25.8 Å². The van der Waals surface area contributed by atoms with Crippen molar-refractivity contribution in [1.82, 2.24) is 5.32 Å². The van der Waals surface area contributed by atoms with E-state index in [0.717, 1.165) is 19.5 Å². The van der Waals surface area contributed by atoms with Crippen LogP contribution in [0.5, 0.6) is 0 Å². The van der Waals surface area contributed by atoms with Crippen LogP contribution in [-0.2, 0) is 6.54 Å². The number of amidine groups is 1. The van der Waals surface area contributed by atoms with Crippen LogP contribution in [0.1, 0.15) is 24.8 Å².